The Morgan fingerprint density at radius 1 is 1.53 bits per heavy atom. The van der Waals surface area contributed by atoms with Gasteiger partial charge in [0.05, 0.1) is 6.54 Å². The van der Waals surface area contributed by atoms with Crippen LogP contribution in [0.15, 0.2) is 28.8 Å². The van der Waals surface area contributed by atoms with Gasteiger partial charge < -0.3 is 15.0 Å². The van der Waals surface area contributed by atoms with Crippen LogP contribution in [0.4, 0.5) is 0 Å². The van der Waals surface area contributed by atoms with Crippen LogP contribution in [-0.4, -0.2) is 10.1 Å². The molecule has 17 heavy (non-hydrogen) atoms. The largest absolute Gasteiger partial charge is 0.481 e. The number of nitrogens with two attached hydrogens (primary N) is 1. The molecule has 0 amide bonds. The lowest BCUT2D eigenvalue weighted by molar-refractivity contribution is 0.175. The summed E-state index contributed by atoms with van der Waals surface area (Å²) in [5.41, 5.74) is 5.39. The van der Waals surface area contributed by atoms with Crippen LogP contribution < -0.4 is 10.5 Å². The van der Waals surface area contributed by atoms with E-state index < -0.39 is 0 Å². The molecule has 2 rings (SSSR count). The second kappa shape index (κ2) is 5.16. The van der Waals surface area contributed by atoms with E-state index in [9.17, 15) is 0 Å². The fourth-order valence-corrected chi connectivity index (χ4v) is 1.49. The number of aromatic nitrogens is 2. The zero-order valence-corrected chi connectivity index (χ0v) is 10.0. The van der Waals surface area contributed by atoms with Gasteiger partial charge in [0, 0.05) is 5.02 Å². The Morgan fingerprint density at radius 3 is 3.00 bits per heavy atom. The van der Waals surface area contributed by atoms with E-state index in [0.29, 0.717) is 22.5 Å². The van der Waals surface area contributed by atoms with Crippen molar-refractivity contribution in [2.75, 3.05) is 0 Å². The molecule has 0 spiro atoms. The number of hydrogen-bond acceptors (Lipinski definition) is 5. The van der Waals surface area contributed by atoms with E-state index in [2.05, 4.69) is 10.1 Å². The highest BCUT2D eigenvalue weighted by atomic mass is 35.5. The first-order valence-electron chi connectivity index (χ1n) is 5.14. The standard InChI is InChI=1S/C11H12ClN3O2/c1-7(11-14-10(6-13)15-17-11)16-9-4-2-3-8(12)5-9/h2-5,7H,6,13H2,1H3. The van der Waals surface area contributed by atoms with Gasteiger partial charge in [0.25, 0.3) is 5.89 Å². The van der Waals surface area contributed by atoms with Gasteiger partial charge in [-0.2, -0.15) is 4.98 Å². The Hall–Kier alpha value is -1.59. The molecule has 1 aromatic heterocycles. The molecule has 0 aliphatic heterocycles. The topological polar surface area (TPSA) is 74.2 Å². The van der Waals surface area contributed by atoms with Gasteiger partial charge in [0.15, 0.2) is 11.9 Å². The van der Waals surface area contributed by atoms with Gasteiger partial charge in [0.1, 0.15) is 5.75 Å². The van der Waals surface area contributed by atoms with Crippen molar-refractivity contribution < 1.29 is 9.26 Å². The molecule has 0 aliphatic carbocycles. The predicted molar refractivity (Wildman–Crippen MR) is 62.7 cm³/mol. The molecule has 0 aliphatic rings. The van der Waals surface area contributed by atoms with E-state index in [-0.39, 0.29) is 12.6 Å². The Kier molecular flexibility index (Phi) is 3.61. The average molecular weight is 254 g/mol. The Bertz CT molecular complexity index is 501. The molecule has 0 bridgehead atoms. The van der Waals surface area contributed by atoms with E-state index in [4.69, 9.17) is 26.6 Å². The van der Waals surface area contributed by atoms with Crippen LogP contribution in [0.25, 0.3) is 0 Å². The molecular formula is C11H12ClN3O2. The summed E-state index contributed by atoms with van der Waals surface area (Å²) in [6, 6.07) is 7.11. The third-order valence-corrected chi connectivity index (χ3v) is 2.36. The van der Waals surface area contributed by atoms with Crippen LogP contribution in [0, 0.1) is 0 Å². The van der Waals surface area contributed by atoms with E-state index >= 15 is 0 Å². The Labute approximate surface area is 104 Å². The minimum atomic E-state index is -0.346. The summed E-state index contributed by atoms with van der Waals surface area (Å²) in [6.45, 7) is 2.06. The Morgan fingerprint density at radius 2 is 2.35 bits per heavy atom. The molecule has 1 heterocycles. The molecule has 0 fully saturated rings. The molecule has 6 heteroatoms. The van der Waals surface area contributed by atoms with Crippen LogP contribution in [0.5, 0.6) is 5.75 Å². The Balaban J connectivity index is 2.08. The fraction of sp³-hybridized carbons (Fsp3) is 0.273. The normalized spacial score (nSPS) is 12.4. The highest BCUT2D eigenvalue weighted by molar-refractivity contribution is 6.30. The molecule has 1 aromatic carbocycles. The average Bonchev–Trinajstić information content (AvgIpc) is 2.77. The molecule has 2 aromatic rings. The summed E-state index contributed by atoms with van der Waals surface area (Å²) in [5, 5.41) is 4.31. The summed E-state index contributed by atoms with van der Waals surface area (Å²) in [5.74, 6) is 1.50. The van der Waals surface area contributed by atoms with Crippen LogP contribution in [0.1, 0.15) is 24.7 Å². The number of halogens is 1. The van der Waals surface area contributed by atoms with Crippen LogP contribution in [0.3, 0.4) is 0 Å². The number of ether oxygens (including phenoxy) is 1. The summed E-state index contributed by atoms with van der Waals surface area (Å²) in [6.07, 6.45) is -0.346. The summed E-state index contributed by atoms with van der Waals surface area (Å²) in [4.78, 5) is 4.09. The highest BCUT2D eigenvalue weighted by Gasteiger charge is 2.15. The zero-order valence-electron chi connectivity index (χ0n) is 9.26. The number of nitrogens with zero attached hydrogens (tertiary/aromatic N) is 2. The summed E-state index contributed by atoms with van der Waals surface area (Å²) < 4.78 is 10.6. The number of benzene rings is 1. The quantitative estimate of drug-likeness (QED) is 0.905. The van der Waals surface area contributed by atoms with Gasteiger partial charge in [-0.25, -0.2) is 0 Å². The SMILES string of the molecule is CC(Oc1cccc(Cl)c1)c1nc(CN)no1. The first-order chi connectivity index (χ1) is 8.19. The predicted octanol–water partition coefficient (Wildman–Crippen LogP) is 2.32. The molecule has 2 N–H and O–H groups in total. The van der Waals surface area contributed by atoms with E-state index in [1.54, 1.807) is 12.1 Å². The molecule has 0 saturated carbocycles. The van der Waals surface area contributed by atoms with E-state index in [0.717, 1.165) is 0 Å². The lowest BCUT2D eigenvalue weighted by Crippen LogP contribution is -2.04. The van der Waals surface area contributed by atoms with Gasteiger partial charge >= 0.3 is 0 Å². The van der Waals surface area contributed by atoms with Gasteiger partial charge in [-0.05, 0) is 25.1 Å². The number of rotatable bonds is 4. The van der Waals surface area contributed by atoms with Crippen molar-refractivity contribution in [2.45, 2.75) is 19.6 Å². The molecule has 1 atom stereocenters. The fourth-order valence-electron chi connectivity index (χ4n) is 1.31. The minimum absolute atomic E-state index is 0.243. The molecular weight excluding hydrogens is 242 g/mol. The van der Waals surface area contributed by atoms with E-state index in [1.165, 1.54) is 0 Å². The zero-order chi connectivity index (χ0) is 12.3. The van der Waals surface area contributed by atoms with E-state index in [1.807, 2.05) is 19.1 Å². The van der Waals surface area contributed by atoms with Crippen molar-refractivity contribution in [2.24, 2.45) is 5.73 Å². The van der Waals surface area contributed by atoms with Crippen LogP contribution in [-0.2, 0) is 6.54 Å². The third-order valence-electron chi connectivity index (χ3n) is 2.12. The van der Waals surface area contributed by atoms with Crippen LogP contribution >= 0.6 is 11.6 Å². The second-order valence-electron chi connectivity index (χ2n) is 3.47. The second-order valence-corrected chi connectivity index (χ2v) is 3.91. The highest BCUT2D eigenvalue weighted by Crippen LogP contribution is 2.23. The first-order valence-corrected chi connectivity index (χ1v) is 5.51. The van der Waals surface area contributed by atoms with Crippen molar-refractivity contribution in [3.63, 3.8) is 0 Å². The smallest absolute Gasteiger partial charge is 0.267 e. The van der Waals surface area contributed by atoms with Crippen LogP contribution in [0.2, 0.25) is 5.02 Å². The summed E-state index contributed by atoms with van der Waals surface area (Å²) in [7, 11) is 0. The van der Waals surface area contributed by atoms with Gasteiger partial charge in [-0.3, -0.25) is 0 Å². The lowest BCUT2D eigenvalue weighted by Gasteiger charge is -2.10. The summed E-state index contributed by atoms with van der Waals surface area (Å²) >= 11 is 5.85. The minimum Gasteiger partial charge on any atom is -0.481 e. The monoisotopic (exact) mass is 253 g/mol. The molecule has 0 saturated heterocycles. The van der Waals surface area contributed by atoms with Crippen molar-refractivity contribution in [1.29, 1.82) is 0 Å². The van der Waals surface area contributed by atoms with Crippen molar-refractivity contribution >= 4 is 11.6 Å². The molecule has 90 valence electrons. The third kappa shape index (κ3) is 2.95. The maximum Gasteiger partial charge on any atom is 0.267 e. The molecule has 1 unspecified atom stereocenters. The molecule has 0 radical (unpaired) electrons. The lowest BCUT2D eigenvalue weighted by atomic mass is 10.3. The van der Waals surface area contributed by atoms with Crippen molar-refractivity contribution in [3.8, 4) is 5.75 Å². The molecule has 5 nitrogen and oxygen atoms in total. The number of hydrogen-bond donors (Lipinski definition) is 1. The maximum atomic E-state index is 5.85. The first kappa shape index (κ1) is 11.9. The van der Waals surface area contributed by atoms with Crippen molar-refractivity contribution in [3.05, 3.63) is 41.0 Å². The maximum absolute atomic E-state index is 5.85. The van der Waals surface area contributed by atoms with Gasteiger partial charge in [-0.1, -0.05) is 22.8 Å². The van der Waals surface area contributed by atoms with Gasteiger partial charge in [0.2, 0.25) is 0 Å². The van der Waals surface area contributed by atoms with Gasteiger partial charge in [-0.15, -0.1) is 0 Å². The van der Waals surface area contributed by atoms with Crippen molar-refractivity contribution in [1.82, 2.24) is 10.1 Å².